The van der Waals surface area contributed by atoms with E-state index in [2.05, 4.69) is 89.4 Å². The van der Waals surface area contributed by atoms with Gasteiger partial charge in [0.15, 0.2) is 3.83 Å². The largest absolute Gasteiger partial charge is 0.474 e. The fourth-order valence-electron chi connectivity index (χ4n) is 5.74. The van der Waals surface area contributed by atoms with E-state index in [1.807, 2.05) is 36.9 Å². The van der Waals surface area contributed by atoms with Crippen LogP contribution in [0, 0.1) is 3.83 Å². The maximum absolute atomic E-state index is 6.38. The lowest BCUT2D eigenvalue weighted by Crippen LogP contribution is -2.44. The summed E-state index contributed by atoms with van der Waals surface area (Å²) in [6.45, 7) is 1.93. The quantitative estimate of drug-likeness (QED) is 0.174. The second kappa shape index (κ2) is 10.3. The van der Waals surface area contributed by atoms with Crippen LogP contribution in [0.4, 0.5) is 5.82 Å². The second-order valence-electron chi connectivity index (χ2n) is 10.4. The van der Waals surface area contributed by atoms with Crippen LogP contribution >= 0.6 is 22.6 Å². The highest BCUT2D eigenvalue weighted by Gasteiger charge is 2.35. The Balaban J connectivity index is 0.918. The summed E-state index contributed by atoms with van der Waals surface area (Å²) < 4.78 is 15.5. The molecule has 0 N–H and O–H groups in total. The van der Waals surface area contributed by atoms with Crippen LogP contribution in [0.25, 0.3) is 32.9 Å². The minimum absolute atomic E-state index is 0.164. The van der Waals surface area contributed by atoms with E-state index >= 15 is 0 Å². The van der Waals surface area contributed by atoms with Crippen LogP contribution in [-0.4, -0.2) is 55.9 Å². The number of hydrogen-bond donors (Lipinski definition) is 0. The lowest BCUT2D eigenvalue weighted by atomic mass is 9.91. The Hall–Kier alpha value is -3.31. The lowest BCUT2D eigenvalue weighted by Gasteiger charge is -2.39. The molecule has 0 unspecified atom stereocenters. The zero-order valence-electron chi connectivity index (χ0n) is 21.7. The molecule has 1 saturated heterocycles. The Labute approximate surface area is 240 Å². The van der Waals surface area contributed by atoms with Gasteiger partial charge in [0, 0.05) is 108 Å². The summed E-state index contributed by atoms with van der Waals surface area (Å²) in [5, 5.41) is 2.39. The van der Waals surface area contributed by atoms with Gasteiger partial charge >= 0.3 is 0 Å². The van der Waals surface area contributed by atoms with Crippen molar-refractivity contribution in [2.24, 2.45) is 7.05 Å². The summed E-state index contributed by atoms with van der Waals surface area (Å²) in [6.07, 6.45) is 12.1. The molecule has 5 aromatic rings. The molecule has 9 heteroatoms. The minimum Gasteiger partial charge on any atom is -0.474 e. The number of nitrogens with zero attached hydrogens (tertiary/aromatic N) is 6. The van der Waals surface area contributed by atoms with Gasteiger partial charge in [-0.15, -0.1) is 0 Å². The van der Waals surface area contributed by atoms with Crippen LogP contribution in [0.3, 0.4) is 0 Å². The van der Waals surface area contributed by atoms with E-state index in [1.165, 1.54) is 21.8 Å². The molecule has 2 fully saturated rings. The molecule has 39 heavy (non-hydrogen) atoms. The van der Waals surface area contributed by atoms with Crippen molar-refractivity contribution in [2.45, 2.75) is 44.0 Å². The Kier molecular flexibility index (Phi) is 6.56. The van der Waals surface area contributed by atoms with Gasteiger partial charge in [0.25, 0.3) is 0 Å². The molecule has 0 atom stereocenters. The molecule has 7 rings (SSSR count). The van der Waals surface area contributed by atoms with Gasteiger partial charge < -0.3 is 18.9 Å². The molecule has 0 bridgehead atoms. The summed E-state index contributed by atoms with van der Waals surface area (Å²) in [7, 11) is 2.10. The van der Waals surface area contributed by atoms with E-state index < -0.39 is 0 Å². The molecule has 0 radical (unpaired) electrons. The van der Waals surface area contributed by atoms with Gasteiger partial charge in [-0.2, -0.15) is 0 Å². The normalized spacial score (nSPS) is 19.9. The van der Waals surface area contributed by atoms with Crippen molar-refractivity contribution in [1.82, 2.24) is 24.5 Å². The van der Waals surface area contributed by atoms with E-state index in [-0.39, 0.29) is 12.2 Å². The third-order valence-electron chi connectivity index (χ3n) is 7.98. The standard InChI is InChI=1S/C30H29IN6O2/c1-36-26-6-10-32-18-25(26)24-4-2-19(14-27(24)36)20-3-5-29(34-17-20)39-23-15-22(16-23)38-21-8-12-37(13-9-21)28-7-11-33-30(31)35-28/h2-7,10-11,14,17-18,21-23H,8-9,12-13,15-16H2,1H3. The SMILES string of the molecule is Cn1c2ccncc2c2ccc(-c3ccc(OC4CC(OC5CCN(c6ccnc(I)n6)CC5)C4)nc3)cc21. The van der Waals surface area contributed by atoms with E-state index in [4.69, 9.17) is 9.47 Å². The first-order valence-electron chi connectivity index (χ1n) is 13.4. The van der Waals surface area contributed by atoms with Crippen molar-refractivity contribution < 1.29 is 9.47 Å². The first-order valence-corrected chi connectivity index (χ1v) is 14.5. The van der Waals surface area contributed by atoms with Gasteiger partial charge in [-0.3, -0.25) is 4.98 Å². The van der Waals surface area contributed by atoms with Gasteiger partial charge in [0.05, 0.1) is 17.7 Å². The molecule has 198 valence electrons. The maximum atomic E-state index is 6.38. The Morgan fingerprint density at radius 1 is 0.821 bits per heavy atom. The number of anilines is 1. The molecule has 1 aromatic carbocycles. The van der Waals surface area contributed by atoms with Gasteiger partial charge in [0.1, 0.15) is 11.9 Å². The molecule has 0 spiro atoms. The van der Waals surface area contributed by atoms with E-state index in [1.54, 1.807) is 0 Å². The van der Waals surface area contributed by atoms with E-state index in [0.29, 0.717) is 12.0 Å². The number of pyridine rings is 2. The van der Waals surface area contributed by atoms with Crippen molar-refractivity contribution in [2.75, 3.05) is 18.0 Å². The van der Waals surface area contributed by atoms with Gasteiger partial charge in [-0.25, -0.2) is 15.0 Å². The number of piperidine rings is 1. The molecule has 5 heterocycles. The highest BCUT2D eigenvalue weighted by atomic mass is 127. The van der Waals surface area contributed by atoms with Crippen LogP contribution in [0.1, 0.15) is 25.7 Å². The molecule has 1 saturated carbocycles. The number of rotatable bonds is 6. The molecular weight excluding hydrogens is 603 g/mol. The first kappa shape index (κ1) is 24.7. The summed E-state index contributed by atoms with van der Waals surface area (Å²) in [6, 6.07) is 14.7. The van der Waals surface area contributed by atoms with Crippen molar-refractivity contribution in [3.8, 4) is 17.0 Å². The number of aromatic nitrogens is 5. The van der Waals surface area contributed by atoms with E-state index in [9.17, 15) is 0 Å². The fourth-order valence-corrected chi connectivity index (χ4v) is 6.15. The number of hydrogen-bond acceptors (Lipinski definition) is 7. The van der Waals surface area contributed by atoms with E-state index in [0.717, 1.165) is 59.5 Å². The average molecular weight is 633 g/mol. The zero-order valence-corrected chi connectivity index (χ0v) is 23.9. The fraction of sp³-hybridized carbons (Fsp3) is 0.333. The molecule has 2 aliphatic rings. The van der Waals surface area contributed by atoms with Crippen molar-refractivity contribution in [3.05, 3.63) is 71.1 Å². The van der Waals surface area contributed by atoms with Crippen molar-refractivity contribution in [1.29, 1.82) is 0 Å². The monoisotopic (exact) mass is 632 g/mol. The molecule has 0 amide bonds. The number of ether oxygens (including phenoxy) is 2. The van der Waals surface area contributed by atoms with Gasteiger partial charge in [-0.1, -0.05) is 12.1 Å². The number of fused-ring (bicyclic) bond motifs is 3. The summed E-state index contributed by atoms with van der Waals surface area (Å²) in [5.41, 5.74) is 4.58. The average Bonchev–Trinajstić information content (AvgIpc) is 3.24. The summed E-state index contributed by atoms with van der Waals surface area (Å²) in [4.78, 5) is 20.0. The third kappa shape index (κ3) is 4.93. The van der Waals surface area contributed by atoms with Gasteiger partial charge in [-0.05, 0) is 42.7 Å². The van der Waals surface area contributed by atoms with Crippen LogP contribution in [0.15, 0.2) is 67.3 Å². The maximum Gasteiger partial charge on any atom is 0.213 e. The summed E-state index contributed by atoms with van der Waals surface area (Å²) >= 11 is 2.16. The minimum atomic E-state index is 0.164. The van der Waals surface area contributed by atoms with Crippen LogP contribution in [-0.2, 0) is 11.8 Å². The molecule has 8 nitrogen and oxygen atoms in total. The van der Waals surface area contributed by atoms with Crippen LogP contribution < -0.4 is 9.64 Å². The molecule has 4 aromatic heterocycles. The Bertz CT molecular complexity index is 1620. The smallest absolute Gasteiger partial charge is 0.213 e. The first-order chi connectivity index (χ1) is 19.1. The Morgan fingerprint density at radius 2 is 1.67 bits per heavy atom. The molecule has 1 aliphatic heterocycles. The topological polar surface area (TPSA) is 78.2 Å². The van der Waals surface area contributed by atoms with Crippen molar-refractivity contribution >= 4 is 50.2 Å². The third-order valence-corrected chi connectivity index (χ3v) is 8.50. The van der Waals surface area contributed by atoms with Gasteiger partial charge in [0.2, 0.25) is 5.88 Å². The predicted molar refractivity (Wildman–Crippen MR) is 160 cm³/mol. The zero-order chi connectivity index (χ0) is 26.3. The van der Waals surface area contributed by atoms with Crippen LogP contribution in [0.2, 0.25) is 0 Å². The summed E-state index contributed by atoms with van der Waals surface area (Å²) in [5.74, 6) is 1.68. The predicted octanol–water partition coefficient (Wildman–Crippen LogP) is 5.78. The second-order valence-corrected chi connectivity index (χ2v) is 11.4. The lowest BCUT2D eigenvalue weighted by molar-refractivity contribution is -0.102. The molecular formula is C30H29IN6O2. The highest BCUT2D eigenvalue weighted by Crippen LogP contribution is 2.33. The van der Waals surface area contributed by atoms with Crippen LogP contribution in [0.5, 0.6) is 5.88 Å². The number of halogens is 1. The number of aryl methyl sites for hydroxylation is 1. The highest BCUT2D eigenvalue weighted by molar-refractivity contribution is 14.1. The Morgan fingerprint density at radius 3 is 2.46 bits per heavy atom. The molecule has 1 aliphatic carbocycles. The number of benzene rings is 1. The van der Waals surface area contributed by atoms with Crippen molar-refractivity contribution in [3.63, 3.8) is 0 Å².